The highest BCUT2D eigenvalue weighted by Gasteiger charge is 2.31. The Kier molecular flexibility index (Phi) is 13.4. The number of carbonyl (C=O) groups is 3. The van der Waals surface area contributed by atoms with Crippen molar-refractivity contribution < 1.29 is 33.4 Å². The fraction of sp³-hybridized carbons (Fsp3) is 0.545. The van der Waals surface area contributed by atoms with Crippen molar-refractivity contribution in [2.24, 2.45) is 5.92 Å². The zero-order chi connectivity index (χ0) is 33.1. The molecule has 11 nitrogen and oxygen atoms in total. The Morgan fingerprint density at radius 3 is 2.42 bits per heavy atom. The molecule has 0 unspecified atom stereocenters. The summed E-state index contributed by atoms with van der Waals surface area (Å²) in [7, 11) is 1.65. The molecule has 0 fully saturated rings. The van der Waals surface area contributed by atoms with E-state index in [9.17, 15) is 23.9 Å². The second-order valence-corrected chi connectivity index (χ2v) is 12.1. The summed E-state index contributed by atoms with van der Waals surface area (Å²) in [6, 6.07) is 9.12. The molecule has 4 N–H and O–H groups in total. The first-order valence-electron chi connectivity index (χ1n) is 15.6. The number of aliphatic hydroxyl groups is 1. The van der Waals surface area contributed by atoms with E-state index in [1.54, 1.807) is 37.1 Å². The molecule has 0 aromatic heterocycles. The molecule has 0 bridgehead atoms. The number of urea groups is 2. The Morgan fingerprint density at radius 1 is 1.07 bits per heavy atom. The van der Waals surface area contributed by atoms with Gasteiger partial charge in [0, 0.05) is 50.1 Å². The summed E-state index contributed by atoms with van der Waals surface area (Å²) in [5.74, 6) is -0.607. The number of halogens is 1. The Labute approximate surface area is 265 Å². The summed E-state index contributed by atoms with van der Waals surface area (Å²) < 4.78 is 25.9. The fourth-order valence-electron chi connectivity index (χ4n) is 5.00. The number of nitrogens with zero attached hydrogens (tertiary/aromatic N) is 2. The highest BCUT2D eigenvalue weighted by molar-refractivity contribution is 5.99. The summed E-state index contributed by atoms with van der Waals surface area (Å²) in [4.78, 5) is 42.7. The van der Waals surface area contributed by atoms with Crippen molar-refractivity contribution in [3.63, 3.8) is 0 Å². The van der Waals surface area contributed by atoms with Gasteiger partial charge >= 0.3 is 12.1 Å². The van der Waals surface area contributed by atoms with Crippen molar-refractivity contribution in [3.05, 3.63) is 53.8 Å². The van der Waals surface area contributed by atoms with Crippen LogP contribution in [-0.4, -0.2) is 90.5 Å². The van der Waals surface area contributed by atoms with Gasteiger partial charge in [0.25, 0.3) is 5.91 Å². The van der Waals surface area contributed by atoms with Crippen molar-refractivity contribution in [2.75, 3.05) is 44.0 Å². The van der Waals surface area contributed by atoms with Crippen LogP contribution in [0.3, 0.4) is 0 Å². The predicted octanol–water partition coefficient (Wildman–Crippen LogP) is 5.32. The van der Waals surface area contributed by atoms with Crippen LogP contribution in [0, 0.1) is 11.7 Å². The Balaban J connectivity index is 1.88. The van der Waals surface area contributed by atoms with E-state index < -0.39 is 24.0 Å². The van der Waals surface area contributed by atoms with E-state index in [0.29, 0.717) is 23.7 Å². The van der Waals surface area contributed by atoms with Crippen LogP contribution in [0.5, 0.6) is 5.75 Å². The molecule has 4 atom stereocenters. The van der Waals surface area contributed by atoms with Crippen LogP contribution in [0.1, 0.15) is 64.2 Å². The molecule has 0 saturated heterocycles. The third-order valence-electron chi connectivity index (χ3n) is 7.63. The smallest absolute Gasteiger partial charge is 0.321 e. The summed E-state index contributed by atoms with van der Waals surface area (Å²) in [6.07, 6.45) is 1.71. The van der Waals surface area contributed by atoms with E-state index in [1.165, 1.54) is 29.2 Å². The molecule has 45 heavy (non-hydrogen) atoms. The number of amides is 5. The van der Waals surface area contributed by atoms with Crippen LogP contribution >= 0.6 is 0 Å². The van der Waals surface area contributed by atoms with Gasteiger partial charge in [-0.25, -0.2) is 14.0 Å². The van der Waals surface area contributed by atoms with Crippen molar-refractivity contribution in [1.29, 1.82) is 0 Å². The Morgan fingerprint density at radius 2 is 1.76 bits per heavy atom. The number of nitrogens with one attached hydrogen (secondary N) is 3. The lowest BCUT2D eigenvalue weighted by molar-refractivity contribution is -0.0115. The first-order valence-corrected chi connectivity index (χ1v) is 15.6. The van der Waals surface area contributed by atoms with E-state index in [2.05, 4.69) is 16.0 Å². The Bertz CT molecular complexity index is 1280. The highest BCUT2D eigenvalue weighted by atomic mass is 19.1. The average Bonchev–Trinajstić information content (AvgIpc) is 2.99. The number of hydrogen-bond acceptors (Lipinski definition) is 6. The molecule has 0 aliphatic carbocycles. The fourth-order valence-corrected chi connectivity index (χ4v) is 5.00. The van der Waals surface area contributed by atoms with Crippen LogP contribution in [0.2, 0.25) is 0 Å². The topological polar surface area (TPSA) is 132 Å². The minimum atomic E-state index is -0.542. The maximum atomic E-state index is 14.2. The molecule has 248 valence electrons. The van der Waals surface area contributed by atoms with Gasteiger partial charge < -0.3 is 40.3 Å². The highest BCUT2D eigenvalue weighted by Crippen LogP contribution is 2.28. The number of likely N-dealkylation sites (N-methyl/N-ethyl adjacent to an activating group) is 1. The van der Waals surface area contributed by atoms with Gasteiger partial charge in [0.15, 0.2) is 0 Å². The van der Waals surface area contributed by atoms with Gasteiger partial charge in [0.1, 0.15) is 11.6 Å². The zero-order valence-corrected chi connectivity index (χ0v) is 27.1. The number of rotatable bonds is 7. The monoisotopic (exact) mass is 629 g/mol. The molecule has 5 amide bonds. The lowest BCUT2D eigenvalue weighted by atomic mass is 10.0. The predicted molar refractivity (Wildman–Crippen MR) is 172 cm³/mol. The summed E-state index contributed by atoms with van der Waals surface area (Å²) in [5, 5.41) is 18.5. The van der Waals surface area contributed by atoms with Gasteiger partial charge in [0.2, 0.25) is 0 Å². The van der Waals surface area contributed by atoms with Crippen LogP contribution < -0.4 is 20.7 Å². The quantitative estimate of drug-likeness (QED) is 0.328. The van der Waals surface area contributed by atoms with Gasteiger partial charge in [-0.15, -0.1) is 0 Å². The minimum Gasteiger partial charge on any atom is -0.490 e. The molecule has 3 rings (SSSR count). The normalized spacial score (nSPS) is 20.3. The average molecular weight is 630 g/mol. The van der Waals surface area contributed by atoms with Gasteiger partial charge in [0.05, 0.1) is 30.4 Å². The number of carbonyl (C=O) groups excluding carboxylic acids is 3. The number of hydrogen-bond donors (Lipinski definition) is 4. The largest absolute Gasteiger partial charge is 0.490 e. The summed E-state index contributed by atoms with van der Waals surface area (Å²) >= 11 is 0. The molecule has 0 radical (unpaired) electrons. The minimum absolute atomic E-state index is 0.0707. The number of benzene rings is 2. The van der Waals surface area contributed by atoms with Gasteiger partial charge in [-0.05, 0) is 89.4 Å². The Hall–Kier alpha value is -3.90. The summed E-state index contributed by atoms with van der Waals surface area (Å²) in [6.45, 7) is 9.99. The van der Waals surface area contributed by atoms with Crippen molar-refractivity contribution >= 4 is 29.3 Å². The van der Waals surface area contributed by atoms with E-state index in [1.807, 2.05) is 27.7 Å². The molecule has 2 aromatic carbocycles. The van der Waals surface area contributed by atoms with Gasteiger partial charge in [-0.1, -0.05) is 6.92 Å². The molecule has 0 saturated carbocycles. The van der Waals surface area contributed by atoms with Crippen molar-refractivity contribution in [2.45, 2.75) is 78.2 Å². The van der Waals surface area contributed by atoms with Gasteiger partial charge in [-0.2, -0.15) is 0 Å². The molecule has 12 heteroatoms. The van der Waals surface area contributed by atoms with Crippen LogP contribution in [0.25, 0.3) is 0 Å². The molecule has 0 spiro atoms. The molecule has 1 heterocycles. The molecular formula is C33H48FN5O6. The lowest BCUT2D eigenvalue weighted by Gasteiger charge is -2.35. The zero-order valence-electron chi connectivity index (χ0n) is 27.1. The lowest BCUT2D eigenvalue weighted by Crippen LogP contribution is -2.48. The van der Waals surface area contributed by atoms with E-state index >= 15 is 0 Å². The SMILES string of the molecule is CC(C)NC(=O)Nc1ccc2c(c1)C(=O)N([C@H](C)CO)C[C@@H](C)[C@H](CN(C)C(=O)Nc1ccc(F)cc1)OCCCC[C@@H](C)O2. The second-order valence-electron chi connectivity index (χ2n) is 12.1. The molecule has 1 aliphatic heterocycles. The first-order chi connectivity index (χ1) is 21.4. The van der Waals surface area contributed by atoms with Crippen LogP contribution in [0.4, 0.5) is 25.4 Å². The van der Waals surface area contributed by atoms with Crippen molar-refractivity contribution in [1.82, 2.24) is 15.1 Å². The van der Waals surface area contributed by atoms with E-state index in [4.69, 9.17) is 9.47 Å². The summed E-state index contributed by atoms with van der Waals surface area (Å²) in [5.41, 5.74) is 1.16. The third kappa shape index (κ3) is 10.9. The number of ether oxygens (including phenoxy) is 2. The standard InChI is InChI=1S/C33H48FN5O6/c1-21(2)35-32(42)36-27-14-15-29-28(17-27)31(41)39(23(4)20-40)18-22(3)30(44-16-8-7-9-24(5)45-29)19-38(6)33(43)37-26-12-10-25(34)11-13-26/h10-15,17,21-24,30,40H,7-9,16,18-20H2,1-6H3,(H,37,43)(H2,35,36,42)/t22-,23-,24-,30+/m1/s1. The molecule has 1 aliphatic rings. The van der Waals surface area contributed by atoms with Crippen molar-refractivity contribution in [3.8, 4) is 5.75 Å². The molecule has 2 aromatic rings. The second kappa shape index (κ2) is 17.0. The van der Waals surface area contributed by atoms with Gasteiger partial charge in [-0.3, -0.25) is 4.79 Å². The first kappa shape index (κ1) is 35.6. The third-order valence-corrected chi connectivity index (χ3v) is 7.63. The number of aliphatic hydroxyl groups excluding tert-OH is 1. The van der Waals surface area contributed by atoms with Crippen LogP contribution in [0.15, 0.2) is 42.5 Å². The maximum Gasteiger partial charge on any atom is 0.321 e. The van der Waals surface area contributed by atoms with Crippen LogP contribution in [-0.2, 0) is 4.74 Å². The number of fused-ring (bicyclic) bond motifs is 1. The van der Waals surface area contributed by atoms with E-state index in [-0.39, 0.29) is 55.3 Å². The maximum absolute atomic E-state index is 14.2. The molecular weight excluding hydrogens is 581 g/mol. The number of anilines is 2. The van der Waals surface area contributed by atoms with E-state index in [0.717, 1.165) is 19.3 Å².